The largest absolute Gasteiger partial charge is 0.495 e. The SMILES string of the molecule is COc1c(C(=O)OCS(=O)(=O)N2C3CCC2CC3)cccc1-c1ccoc1. The summed E-state index contributed by atoms with van der Waals surface area (Å²) in [6, 6.07) is 6.89. The van der Waals surface area contributed by atoms with Crippen molar-refractivity contribution < 1.29 is 27.1 Å². The van der Waals surface area contributed by atoms with E-state index in [1.54, 1.807) is 34.8 Å². The van der Waals surface area contributed by atoms with Crippen LogP contribution in [0, 0.1) is 0 Å². The van der Waals surface area contributed by atoms with E-state index in [0.717, 1.165) is 31.2 Å². The van der Waals surface area contributed by atoms with Gasteiger partial charge in [-0.3, -0.25) is 0 Å². The van der Waals surface area contributed by atoms with Crippen molar-refractivity contribution in [3.8, 4) is 16.9 Å². The molecule has 0 saturated carbocycles. The van der Waals surface area contributed by atoms with Gasteiger partial charge in [0.2, 0.25) is 16.0 Å². The number of esters is 1. The van der Waals surface area contributed by atoms with Gasteiger partial charge in [-0.1, -0.05) is 12.1 Å². The highest BCUT2D eigenvalue weighted by Crippen LogP contribution is 2.40. The number of carbonyl (C=O) groups is 1. The molecule has 2 aliphatic rings. The van der Waals surface area contributed by atoms with Crippen LogP contribution < -0.4 is 4.74 Å². The van der Waals surface area contributed by atoms with Crippen LogP contribution in [0.1, 0.15) is 36.0 Å². The molecule has 0 amide bonds. The predicted octanol–water partition coefficient (Wildman–Crippen LogP) is 3.03. The monoisotopic (exact) mass is 391 g/mol. The number of ether oxygens (including phenoxy) is 2. The molecule has 0 atom stereocenters. The van der Waals surface area contributed by atoms with Gasteiger partial charge in [0.05, 0.1) is 19.6 Å². The van der Waals surface area contributed by atoms with Gasteiger partial charge in [0.15, 0.2) is 0 Å². The fraction of sp³-hybridized carbons (Fsp3) is 0.421. The Morgan fingerprint density at radius 1 is 1.19 bits per heavy atom. The molecule has 27 heavy (non-hydrogen) atoms. The molecule has 0 N–H and O–H groups in total. The first-order valence-electron chi connectivity index (χ1n) is 8.89. The Labute approximate surface area is 157 Å². The fourth-order valence-electron chi connectivity index (χ4n) is 4.15. The van der Waals surface area contributed by atoms with Gasteiger partial charge in [-0.2, -0.15) is 4.31 Å². The molecular weight excluding hydrogens is 370 g/mol. The summed E-state index contributed by atoms with van der Waals surface area (Å²) >= 11 is 0. The van der Waals surface area contributed by atoms with Gasteiger partial charge in [0.25, 0.3) is 0 Å². The van der Waals surface area contributed by atoms with Crippen molar-refractivity contribution in [3.05, 3.63) is 42.4 Å². The Morgan fingerprint density at radius 2 is 1.89 bits per heavy atom. The molecule has 0 aliphatic carbocycles. The first-order valence-corrected chi connectivity index (χ1v) is 10.5. The minimum Gasteiger partial charge on any atom is -0.495 e. The third kappa shape index (κ3) is 3.23. The lowest BCUT2D eigenvalue weighted by Crippen LogP contribution is -2.38. The van der Waals surface area contributed by atoms with E-state index in [2.05, 4.69) is 0 Å². The third-order valence-corrected chi connectivity index (χ3v) is 6.97. The minimum absolute atomic E-state index is 0.0534. The number of rotatable bonds is 6. The summed E-state index contributed by atoms with van der Waals surface area (Å²) in [7, 11) is -2.18. The maximum atomic E-state index is 12.6. The van der Waals surface area contributed by atoms with Crippen molar-refractivity contribution in [3.63, 3.8) is 0 Å². The van der Waals surface area contributed by atoms with Gasteiger partial charge in [-0.05, 0) is 37.8 Å². The van der Waals surface area contributed by atoms with E-state index in [-0.39, 0.29) is 17.6 Å². The summed E-state index contributed by atoms with van der Waals surface area (Å²) in [4.78, 5) is 12.6. The van der Waals surface area contributed by atoms with Crippen LogP contribution in [-0.2, 0) is 14.8 Å². The molecule has 2 fully saturated rings. The maximum absolute atomic E-state index is 12.6. The average molecular weight is 391 g/mol. The van der Waals surface area contributed by atoms with E-state index < -0.39 is 21.9 Å². The highest BCUT2D eigenvalue weighted by Gasteiger charge is 2.46. The Balaban J connectivity index is 1.53. The number of furan rings is 1. The smallest absolute Gasteiger partial charge is 0.343 e. The fourth-order valence-corrected chi connectivity index (χ4v) is 5.86. The number of para-hydroxylation sites is 1. The second-order valence-electron chi connectivity index (χ2n) is 6.85. The molecule has 8 heteroatoms. The molecule has 3 heterocycles. The zero-order chi connectivity index (χ0) is 19.0. The van der Waals surface area contributed by atoms with Crippen LogP contribution in [-0.4, -0.2) is 43.8 Å². The molecule has 2 aliphatic heterocycles. The Hall–Kier alpha value is -2.32. The van der Waals surface area contributed by atoms with Crippen LogP contribution in [0.5, 0.6) is 5.75 Å². The standard InChI is InChI=1S/C19H21NO6S/c1-24-18-16(13-9-10-25-11-13)3-2-4-17(18)19(21)26-12-27(22,23)20-14-5-6-15(20)8-7-14/h2-4,9-11,14-15H,5-8,12H2,1H3. The second kappa shape index (κ2) is 7.01. The van der Waals surface area contributed by atoms with E-state index in [0.29, 0.717) is 11.3 Å². The van der Waals surface area contributed by atoms with Gasteiger partial charge >= 0.3 is 5.97 Å². The average Bonchev–Trinajstić information content (AvgIpc) is 3.42. The number of hydrogen-bond donors (Lipinski definition) is 0. The number of hydrogen-bond acceptors (Lipinski definition) is 6. The summed E-state index contributed by atoms with van der Waals surface area (Å²) in [5.41, 5.74) is 1.60. The lowest BCUT2D eigenvalue weighted by molar-refractivity contribution is 0.0562. The van der Waals surface area contributed by atoms with Crippen molar-refractivity contribution in [2.45, 2.75) is 37.8 Å². The maximum Gasteiger partial charge on any atom is 0.343 e. The van der Waals surface area contributed by atoms with E-state index in [1.807, 2.05) is 0 Å². The molecule has 0 unspecified atom stereocenters. The summed E-state index contributed by atoms with van der Waals surface area (Å²) in [6.07, 6.45) is 6.62. The number of methoxy groups -OCH3 is 1. The molecule has 1 aromatic heterocycles. The highest BCUT2D eigenvalue weighted by atomic mass is 32.2. The van der Waals surface area contributed by atoms with Crippen LogP contribution in [0.3, 0.4) is 0 Å². The first-order chi connectivity index (χ1) is 13.0. The molecule has 0 radical (unpaired) electrons. The summed E-state index contributed by atoms with van der Waals surface area (Å²) in [5, 5.41) is 0. The Kier molecular flexibility index (Phi) is 4.69. The lowest BCUT2D eigenvalue weighted by atomic mass is 10.0. The summed E-state index contributed by atoms with van der Waals surface area (Å²) < 4.78 is 42.5. The minimum atomic E-state index is -3.64. The van der Waals surface area contributed by atoms with Crippen LogP contribution in [0.25, 0.3) is 11.1 Å². The number of nitrogens with zero attached hydrogens (tertiary/aromatic N) is 1. The molecule has 4 rings (SSSR count). The van der Waals surface area contributed by atoms with Gasteiger partial charge < -0.3 is 13.9 Å². The van der Waals surface area contributed by atoms with Crippen molar-refractivity contribution in [2.24, 2.45) is 0 Å². The van der Waals surface area contributed by atoms with Crippen LogP contribution in [0.4, 0.5) is 0 Å². The first kappa shape index (κ1) is 18.1. The van der Waals surface area contributed by atoms with Crippen molar-refractivity contribution >= 4 is 16.0 Å². The zero-order valence-electron chi connectivity index (χ0n) is 15.0. The Morgan fingerprint density at radius 3 is 2.48 bits per heavy atom. The quantitative estimate of drug-likeness (QED) is 0.704. The van der Waals surface area contributed by atoms with Gasteiger partial charge in [-0.15, -0.1) is 0 Å². The molecule has 2 bridgehead atoms. The molecule has 1 aromatic carbocycles. The van der Waals surface area contributed by atoms with E-state index in [4.69, 9.17) is 13.9 Å². The molecule has 7 nitrogen and oxygen atoms in total. The molecular formula is C19H21NO6S. The zero-order valence-corrected chi connectivity index (χ0v) is 15.8. The summed E-state index contributed by atoms with van der Waals surface area (Å²) in [6.45, 7) is 0. The molecule has 0 spiro atoms. The molecule has 144 valence electrons. The number of carbonyl (C=O) groups excluding carboxylic acids is 1. The van der Waals surface area contributed by atoms with Crippen molar-refractivity contribution in [1.82, 2.24) is 4.31 Å². The number of benzene rings is 1. The van der Waals surface area contributed by atoms with E-state index in [9.17, 15) is 13.2 Å². The Bertz CT molecular complexity index is 917. The van der Waals surface area contributed by atoms with Gasteiger partial charge in [0, 0.05) is 23.2 Å². The summed E-state index contributed by atoms with van der Waals surface area (Å²) in [5.74, 6) is -1.06. The lowest BCUT2D eigenvalue weighted by Gasteiger charge is -2.21. The van der Waals surface area contributed by atoms with Gasteiger partial charge in [0.1, 0.15) is 11.3 Å². The van der Waals surface area contributed by atoms with E-state index in [1.165, 1.54) is 13.4 Å². The van der Waals surface area contributed by atoms with Crippen molar-refractivity contribution in [1.29, 1.82) is 0 Å². The topological polar surface area (TPSA) is 86.0 Å². The van der Waals surface area contributed by atoms with Gasteiger partial charge in [-0.25, -0.2) is 13.2 Å². The molecule has 2 aromatic rings. The highest BCUT2D eigenvalue weighted by molar-refractivity contribution is 7.89. The number of sulfonamides is 1. The van der Waals surface area contributed by atoms with Crippen molar-refractivity contribution in [2.75, 3.05) is 13.0 Å². The second-order valence-corrected chi connectivity index (χ2v) is 8.67. The van der Waals surface area contributed by atoms with Crippen LogP contribution in [0.2, 0.25) is 0 Å². The normalized spacial score (nSPS) is 22.1. The van der Waals surface area contributed by atoms with Crippen LogP contribution >= 0.6 is 0 Å². The predicted molar refractivity (Wildman–Crippen MR) is 97.8 cm³/mol. The van der Waals surface area contributed by atoms with E-state index >= 15 is 0 Å². The number of fused-ring (bicyclic) bond motifs is 2. The third-order valence-electron chi connectivity index (χ3n) is 5.32. The van der Waals surface area contributed by atoms with Crippen LogP contribution in [0.15, 0.2) is 41.2 Å². The molecule has 2 saturated heterocycles.